The first-order valence-corrected chi connectivity index (χ1v) is 15.6. The summed E-state index contributed by atoms with van der Waals surface area (Å²) in [6.07, 6.45) is -0.706. The minimum absolute atomic E-state index is 0. The first kappa shape index (κ1) is 42.3. The molecule has 4 N–H and O–H groups in total. The Balaban J connectivity index is 0.00000529. The smallest absolute Gasteiger partial charge is 0.744 e. The van der Waals surface area contributed by atoms with Crippen LogP contribution < -0.4 is 119 Å². The van der Waals surface area contributed by atoms with Crippen LogP contribution >= 0.6 is 11.3 Å². The van der Waals surface area contributed by atoms with E-state index < -0.39 is 83.2 Å². The number of thiophene rings is 1. The van der Waals surface area contributed by atoms with Gasteiger partial charge in [-0.3, -0.25) is 19.0 Å². The fourth-order valence-electron chi connectivity index (χ4n) is 3.92. The maximum Gasteiger partial charge on any atom is 1.00 e. The standard InChI is InChI=1S/C24H21N7O10S3.2K/c1-4-15-18(21(26)33)23(34)31(24(35)20(15)29-30-22-19(27-3)11(2)16(10-25)42-22)6-5-17(32)28-12-7-13(43(36,37)38)9-14(8-12)44(39,40)41;;/h7-9,34H,4-6H2,1-2H3,(H2,26,33)(H,28,32)(H,36,37,38)(H,39,40,41);;/q;2*+1/p-2. The molecule has 0 radical (unpaired) electrons. The van der Waals surface area contributed by atoms with Gasteiger partial charge in [0.15, 0.2) is 5.69 Å². The van der Waals surface area contributed by atoms with E-state index in [4.69, 9.17) is 12.3 Å². The molecule has 2 aromatic heterocycles. The van der Waals surface area contributed by atoms with Gasteiger partial charge in [-0.25, -0.2) is 21.7 Å². The Hall–Kier alpha value is -1.72. The molecule has 2 heterocycles. The molecule has 46 heavy (non-hydrogen) atoms. The van der Waals surface area contributed by atoms with Gasteiger partial charge in [0.1, 0.15) is 36.9 Å². The first-order valence-electron chi connectivity index (χ1n) is 11.9. The number of hydrogen-bond donors (Lipinski definition) is 3. The fraction of sp³-hybridized carbons (Fsp3) is 0.208. The van der Waals surface area contributed by atoms with Crippen molar-refractivity contribution in [3.8, 4) is 11.9 Å². The molecular weight excluding hydrogens is 721 g/mol. The van der Waals surface area contributed by atoms with Crippen molar-refractivity contribution in [3.05, 3.63) is 61.5 Å². The van der Waals surface area contributed by atoms with Gasteiger partial charge in [-0.05, 0) is 37.1 Å². The summed E-state index contributed by atoms with van der Waals surface area (Å²) in [6, 6.07) is 3.46. The zero-order valence-corrected chi connectivity index (χ0v) is 33.2. The fourth-order valence-corrected chi connectivity index (χ4v) is 5.94. The molecule has 0 fully saturated rings. The minimum atomic E-state index is -5.25. The molecule has 0 aliphatic rings. The zero-order chi connectivity index (χ0) is 33.1. The number of nitriles is 1. The second-order valence-corrected chi connectivity index (χ2v) is 12.5. The molecular formula is C24H19K2N7O10S3. The predicted octanol–water partition coefficient (Wildman–Crippen LogP) is -3.73. The average Bonchev–Trinajstić information content (AvgIpc) is 3.24. The number of nitrogens with one attached hydrogen (secondary N) is 1. The van der Waals surface area contributed by atoms with Gasteiger partial charge in [0.25, 0.3) is 11.5 Å². The number of carbonyl (C=O) groups excluding carboxylic acids is 2. The van der Waals surface area contributed by atoms with Crippen LogP contribution in [0.2, 0.25) is 0 Å². The van der Waals surface area contributed by atoms with Crippen molar-refractivity contribution >= 4 is 65.5 Å². The number of aromatic nitrogens is 1. The summed E-state index contributed by atoms with van der Waals surface area (Å²) in [5.41, 5.74) is 3.16. The van der Waals surface area contributed by atoms with Crippen molar-refractivity contribution in [2.75, 3.05) is 5.32 Å². The molecule has 3 rings (SSSR count). The summed E-state index contributed by atoms with van der Waals surface area (Å²) in [6.45, 7) is 9.77. The second-order valence-electron chi connectivity index (χ2n) is 8.73. The number of anilines is 1. The Morgan fingerprint density at radius 1 is 1.15 bits per heavy atom. The summed E-state index contributed by atoms with van der Waals surface area (Å²) >= 11 is 0.835. The molecule has 0 unspecified atom stereocenters. The molecule has 0 aliphatic carbocycles. The number of benzene rings is 1. The van der Waals surface area contributed by atoms with Gasteiger partial charge in [0.05, 0.1) is 21.2 Å². The van der Waals surface area contributed by atoms with Gasteiger partial charge in [-0.15, -0.1) is 16.5 Å². The van der Waals surface area contributed by atoms with Crippen LogP contribution in [0.4, 0.5) is 22.1 Å². The molecule has 3 aromatic rings. The molecule has 0 bridgehead atoms. The van der Waals surface area contributed by atoms with Crippen LogP contribution in [0.15, 0.2) is 43.0 Å². The SMILES string of the molecule is [C-]#[N+]c1c(N=Nc2c(CC)c(C(N)=O)c(O)n(CCC(=O)Nc3cc(S(=O)(=O)[O-])cc(S(=O)(=O)[O-])c3)c2=O)sc(C#N)c1C.[K+].[K+]. The molecule has 0 spiro atoms. The van der Waals surface area contributed by atoms with E-state index in [9.17, 15) is 50.7 Å². The Labute approximate surface area is 351 Å². The molecule has 2 amide bonds. The number of amides is 2. The summed E-state index contributed by atoms with van der Waals surface area (Å²) < 4.78 is 69.0. The third kappa shape index (κ3) is 9.68. The van der Waals surface area contributed by atoms with Crippen LogP contribution in [0.5, 0.6) is 5.88 Å². The molecule has 230 valence electrons. The van der Waals surface area contributed by atoms with Crippen molar-refractivity contribution in [2.45, 2.75) is 43.0 Å². The number of hydrogen-bond acceptors (Lipinski definition) is 14. The van der Waals surface area contributed by atoms with E-state index in [0.29, 0.717) is 28.3 Å². The second kappa shape index (κ2) is 17.1. The number of nitrogens with zero attached hydrogens (tertiary/aromatic N) is 5. The van der Waals surface area contributed by atoms with Crippen molar-refractivity contribution in [3.63, 3.8) is 0 Å². The van der Waals surface area contributed by atoms with Crippen molar-refractivity contribution in [2.24, 2.45) is 16.0 Å². The molecule has 0 saturated carbocycles. The van der Waals surface area contributed by atoms with Gasteiger partial charge in [-0.2, -0.15) is 10.4 Å². The minimum Gasteiger partial charge on any atom is -0.744 e. The molecule has 1 aromatic carbocycles. The number of nitrogens with two attached hydrogens (primary N) is 1. The third-order valence-electron chi connectivity index (χ3n) is 5.97. The Bertz CT molecular complexity index is 2060. The number of rotatable bonds is 10. The Morgan fingerprint density at radius 3 is 2.17 bits per heavy atom. The quantitative estimate of drug-likeness (QED) is 0.0786. The molecule has 17 nitrogen and oxygen atoms in total. The van der Waals surface area contributed by atoms with Crippen molar-refractivity contribution in [1.29, 1.82) is 5.26 Å². The molecule has 0 saturated heterocycles. The monoisotopic (exact) mass is 739 g/mol. The van der Waals surface area contributed by atoms with Gasteiger partial charge in [0, 0.05) is 24.2 Å². The van der Waals surface area contributed by atoms with Gasteiger partial charge < -0.3 is 25.3 Å². The number of primary amides is 1. The molecule has 0 aliphatic heterocycles. The van der Waals surface area contributed by atoms with Gasteiger partial charge >= 0.3 is 103 Å². The van der Waals surface area contributed by atoms with Crippen LogP contribution in [0.1, 0.15) is 39.7 Å². The number of pyridine rings is 1. The van der Waals surface area contributed by atoms with Gasteiger partial charge in [0.2, 0.25) is 17.5 Å². The van der Waals surface area contributed by atoms with Crippen LogP contribution in [0.3, 0.4) is 0 Å². The van der Waals surface area contributed by atoms with Gasteiger partial charge in [-0.1, -0.05) is 6.92 Å². The number of azo groups is 1. The predicted molar refractivity (Wildman–Crippen MR) is 150 cm³/mol. The van der Waals surface area contributed by atoms with E-state index in [1.807, 2.05) is 6.07 Å². The average molecular weight is 740 g/mol. The summed E-state index contributed by atoms with van der Waals surface area (Å²) in [7, 11) is -10.5. The summed E-state index contributed by atoms with van der Waals surface area (Å²) in [4.78, 5) is 39.6. The van der Waals surface area contributed by atoms with E-state index >= 15 is 0 Å². The van der Waals surface area contributed by atoms with Crippen LogP contribution in [-0.2, 0) is 38.0 Å². The van der Waals surface area contributed by atoms with Crippen molar-refractivity contribution in [1.82, 2.24) is 4.57 Å². The van der Waals surface area contributed by atoms with E-state index in [0.717, 1.165) is 11.3 Å². The maximum absolute atomic E-state index is 13.4. The molecule has 22 heteroatoms. The molecule has 0 atom stereocenters. The first-order chi connectivity index (χ1) is 20.4. The van der Waals surface area contributed by atoms with Crippen LogP contribution in [0.25, 0.3) is 4.85 Å². The normalized spacial score (nSPS) is 11.2. The third-order valence-corrected chi connectivity index (χ3v) is 8.67. The number of aromatic hydroxyl groups is 1. The summed E-state index contributed by atoms with van der Waals surface area (Å²) in [5, 5.41) is 29.9. The maximum atomic E-state index is 13.4. The number of carbonyl (C=O) groups is 2. The Morgan fingerprint density at radius 2 is 1.72 bits per heavy atom. The van der Waals surface area contributed by atoms with E-state index in [1.165, 1.54) is 13.8 Å². The van der Waals surface area contributed by atoms with E-state index in [2.05, 4.69) is 20.4 Å². The van der Waals surface area contributed by atoms with E-state index in [1.54, 1.807) is 0 Å². The van der Waals surface area contributed by atoms with Crippen LogP contribution in [-0.4, -0.2) is 47.4 Å². The zero-order valence-electron chi connectivity index (χ0n) is 24.5. The topological polar surface area (TPSA) is 282 Å². The Kier molecular flexibility index (Phi) is 15.7. The van der Waals surface area contributed by atoms with Crippen molar-refractivity contribution < 1.29 is 143 Å². The van der Waals surface area contributed by atoms with E-state index in [-0.39, 0.29) is 130 Å². The largest absolute Gasteiger partial charge is 1.00 e. The summed E-state index contributed by atoms with van der Waals surface area (Å²) in [5.74, 6) is -3.07. The van der Waals surface area contributed by atoms with Crippen LogP contribution in [0, 0.1) is 24.8 Å².